The van der Waals surface area contributed by atoms with Crippen molar-refractivity contribution in [1.82, 2.24) is 20.0 Å². The second-order valence-electron chi connectivity index (χ2n) is 5.87. The van der Waals surface area contributed by atoms with Gasteiger partial charge in [0.1, 0.15) is 6.10 Å². The van der Waals surface area contributed by atoms with Gasteiger partial charge in [0, 0.05) is 12.6 Å². The molecular formula is C17H15FN4O4. The van der Waals surface area contributed by atoms with E-state index in [2.05, 4.69) is 15.1 Å². The third kappa shape index (κ3) is 3.41. The van der Waals surface area contributed by atoms with Crippen molar-refractivity contribution in [3.63, 3.8) is 0 Å². The van der Waals surface area contributed by atoms with Gasteiger partial charge in [-0.2, -0.15) is 0 Å². The van der Waals surface area contributed by atoms with Gasteiger partial charge in [-0.05, 0) is 25.0 Å². The highest BCUT2D eigenvalue weighted by atomic mass is 19.1. The highest BCUT2D eigenvalue weighted by Crippen LogP contribution is 2.22. The molecule has 1 saturated heterocycles. The monoisotopic (exact) mass is 358 g/mol. The fourth-order valence-electron chi connectivity index (χ4n) is 2.80. The quantitative estimate of drug-likeness (QED) is 0.707. The van der Waals surface area contributed by atoms with Gasteiger partial charge in [-0.1, -0.05) is 5.16 Å². The van der Waals surface area contributed by atoms with E-state index in [1.165, 1.54) is 6.26 Å². The number of hydrogen-bond acceptors (Lipinski definition) is 7. The molecule has 3 aromatic rings. The number of aromatic nitrogens is 3. The smallest absolute Gasteiger partial charge is 0.316 e. The topological polar surface area (TPSA) is 94.5 Å². The molecule has 0 saturated carbocycles. The van der Waals surface area contributed by atoms with Crippen LogP contribution in [0.4, 0.5) is 4.39 Å². The number of rotatable bonds is 4. The van der Waals surface area contributed by atoms with Gasteiger partial charge >= 0.3 is 6.01 Å². The van der Waals surface area contributed by atoms with E-state index in [1.54, 1.807) is 23.1 Å². The summed E-state index contributed by atoms with van der Waals surface area (Å²) in [6.07, 6.45) is 4.85. The second kappa shape index (κ2) is 6.95. The minimum Gasteiger partial charge on any atom is -0.461 e. The predicted molar refractivity (Wildman–Crippen MR) is 85.7 cm³/mol. The molecular weight excluding hydrogens is 343 g/mol. The van der Waals surface area contributed by atoms with Crippen molar-refractivity contribution in [3.05, 3.63) is 48.4 Å². The Kier molecular flexibility index (Phi) is 4.34. The summed E-state index contributed by atoms with van der Waals surface area (Å²) in [4.78, 5) is 21.9. The molecule has 9 heteroatoms. The van der Waals surface area contributed by atoms with Crippen molar-refractivity contribution in [2.45, 2.75) is 18.9 Å². The van der Waals surface area contributed by atoms with Crippen LogP contribution >= 0.6 is 0 Å². The zero-order chi connectivity index (χ0) is 17.9. The van der Waals surface area contributed by atoms with Crippen LogP contribution in [0, 0.1) is 5.82 Å². The summed E-state index contributed by atoms with van der Waals surface area (Å²) in [5.74, 6) is 0.115. The number of carbonyl (C=O) groups is 1. The lowest BCUT2D eigenvalue weighted by Crippen LogP contribution is -2.44. The van der Waals surface area contributed by atoms with Crippen LogP contribution in [0.1, 0.15) is 23.3 Å². The summed E-state index contributed by atoms with van der Waals surface area (Å²) in [7, 11) is 0. The lowest BCUT2D eigenvalue weighted by Gasteiger charge is -2.31. The Bertz CT molecular complexity index is 879. The summed E-state index contributed by atoms with van der Waals surface area (Å²) >= 11 is 0. The van der Waals surface area contributed by atoms with Crippen LogP contribution in [-0.4, -0.2) is 45.1 Å². The maximum Gasteiger partial charge on any atom is 0.316 e. The van der Waals surface area contributed by atoms with Crippen molar-refractivity contribution in [1.29, 1.82) is 0 Å². The number of ether oxygens (including phenoxy) is 1. The summed E-state index contributed by atoms with van der Waals surface area (Å²) < 4.78 is 28.9. The Morgan fingerprint density at radius 1 is 1.31 bits per heavy atom. The van der Waals surface area contributed by atoms with E-state index in [0.29, 0.717) is 24.6 Å². The predicted octanol–water partition coefficient (Wildman–Crippen LogP) is 2.55. The highest BCUT2D eigenvalue weighted by Gasteiger charge is 2.28. The van der Waals surface area contributed by atoms with E-state index in [1.807, 2.05) is 0 Å². The Hall–Kier alpha value is -3.23. The minimum atomic E-state index is -0.531. The van der Waals surface area contributed by atoms with Crippen LogP contribution in [-0.2, 0) is 0 Å². The number of carbonyl (C=O) groups excluding carboxylic acids is 1. The fourth-order valence-corrected chi connectivity index (χ4v) is 2.80. The van der Waals surface area contributed by atoms with Gasteiger partial charge in [-0.25, -0.2) is 14.4 Å². The number of furan rings is 1. The number of hydrogen-bond donors (Lipinski definition) is 0. The molecule has 0 aromatic carbocycles. The average Bonchev–Trinajstić information content (AvgIpc) is 3.35. The first-order valence-electron chi connectivity index (χ1n) is 8.13. The number of likely N-dealkylation sites (tertiary alicyclic amines) is 1. The SMILES string of the molecule is O=C(c1cc(-c2ccco2)on1)N1CCC[C@H](Oc2ncc(F)cn2)C1. The molecule has 26 heavy (non-hydrogen) atoms. The van der Waals surface area contributed by atoms with Crippen molar-refractivity contribution in [2.24, 2.45) is 0 Å². The first kappa shape index (κ1) is 16.2. The van der Waals surface area contributed by atoms with Crippen LogP contribution in [0.5, 0.6) is 6.01 Å². The standard InChI is InChI=1S/C17H15FN4O4/c18-11-8-19-17(20-9-11)25-12-3-1-5-22(10-12)16(23)13-7-15(26-21-13)14-4-2-6-24-14/h2,4,6-9,12H,1,3,5,10H2/t12-/m0/s1. The number of nitrogens with zero attached hydrogens (tertiary/aromatic N) is 4. The van der Waals surface area contributed by atoms with Gasteiger partial charge in [-0.15, -0.1) is 0 Å². The molecule has 0 unspecified atom stereocenters. The third-order valence-corrected chi connectivity index (χ3v) is 4.03. The zero-order valence-corrected chi connectivity index (χ0v) is 13.7. The zero-order valence-electron chi connectivity index (χ0n) is 13.7. The maximum atomic E-state index is 12.9. The van der Waals surface area contributed by atoms with Gasteiger partial charge in [-0.3, -0.25) is 4.79 Å². The van der Waals surface area contributed by atoms with Crippen LogP contribution in [0.25, 0.3) is 11.5 Å². The van der Waals surface area contributed by atoms with E-state index in [-0.39, 0.29) is 23.7 Å². The molecule has 8 nitrogen and oxygen atoms in total. The van der Waals surface area contributed by atoms with Crippen LogP contribution in [0.3, 0.4) is 0 Å². The Balaban J connectivity index is 1.42. The van der Waals surface area contributed by atoms with E-state index in [4.69, 9.17) is 13.7 Å². The van der Waals surface area contributed by atoms with Crippen LogP contribution in [0.2, 0.25) is 0 Å². The maximum absolute atomic E-state index is 12.9. The second-order valence-corrected chi connectivity index (χ2v) is 5.87. The first-order chi connectivity index (χ1) is 12.7. The van der Waals surface area contributed by atoms with E-state index >= 15 is 0 Å². The molecule has 0 bridgehead atoms. The normalized spacial score (nSPS) is 17.3. The average molecular weight is 358 g/mol. The molecule has 1 atom stereocenters. The van der Waals surface area contributed by atoms with Gasteiger partial charge in [0.25, 0.3) is 5.91 Å². The summed E-state index contributed by atoms with van der Waals surface area (Å²) in [5, 5.41) is 3.83. The largest absolute Gasteiger partial charge is 0.461 e. The third-order valence-electron chi connectivity index (χ3n) is 4.03. The molecule has 3 aromatic heterocycles. The first-order valence-corrected chi connectivity index (χ1v) is 8.13. The summed E-state index contributed by atoms with van der Waals surface area (Å²) in [6.45, 7) is 0.953. The van der Waals surface area contributed by atoms with Crippen molar-refractivity contribution >= 4 is 5.91 Å². The van der Waals surface area contributed by atoms with Gasteiger partial charge in [0.15, 0.2) is 17.3 Å². The molecule has 0 spiro atoms. The summed E-state index contributed by atoms with van der Waals surface area (Å²) in [5.41, 5.74) is 0.204. The molecule has 0 aliphatic carbocycles. The van der Waals surface area contributed by atoms with Crippen LogP contribution < -0.4 is 4.74 Å². The lowest BCUT2D eigenvalue weighted by molar-refractivity contribution is 0.0506. The fraction of sp³-hybridized carbons (Fsp3) is 0.294. The van der Waals surface area contributed by atoms with Gasteiger partial charge < -0.3 is 18.6 Å². The molecule has 0 radical (unpaired) electrons. The molecule has 1 fully saturated rings. The molecule has 4 rings (SSSR count). The molecule has 4 heterocycles. The minimum absolute atomic E-state index is 0.0900. The number of halogens is 1. The lowest BCUT2D eigenvalue weighted by atomic mass is 10.1. The number of piperidine rings is 1. The van der Waals surface area contributed by atoms with Gasteiger partial charge in [0.05, 0.1) is 25.2 Å². The van der Waals surface area contributed by atoms with E-state index < -0.39 is 5.82 Å². The van der Waals surface area contributed by atoms with Crippen LogP contribution in [0.15, 0.2) is 45.8 Å². The number of amides is 1. The Morgan fingerprint density at radius 2 is 2.15 bits per heavy atom. The molecule has 1 aliphatic rings. The van der Waals surface area contributed by atoms with Crippen molar-refractivity contribution < 1.29 is 22.9 Å². The van der Waals surface area contributed by atoms with E-state index in [0.717, 1.165) is 25.2 Å². The van der Waals surface area contributed by atoms with E-state index in [9.17, 15) is 9.18 Å². The van der Waals surface area contributed by atoms with Crippen molar-refractivity contribution in [2.75, 3.05) is 13.1 Å². The van der Waals surface area contributed by atoms with Gasteiger partial charge in [0.2, 0.25) is 5.76 Å². The molecule has 1 amide bonds. The Labute approximate surface area is 147 Å². The van der Waals surface area contributed by atoms with Crippen molar-refractivity contribution in [3.8, 4) is 17.5 Å². The Morgan fingerprint density at radius 3 is 2.92 bits per heavy atom. The summed E-state index contributed by atoms with van der Waals surface area (Å²) in [6, 6.07) is 5.09. The highest BCUT2D eigenvalue weighted by molar-refractivity contribution is 5.93. The molecule has 0 N–H and O–H groups in total. The molecule has 134 valence electrons. The molecule has 1 aliphatic heterocycles.